The molecule has 0 saturated carbocycles. The van der Waals surface area contributed by atoms with Gasteiger partial charge in [0.1, 0.15) is 0 Å². The lowest BCUT2D eigenvalue weighted by Gasteiger charge is -2.23. The molecule has 0 radical (unpaired) electrons. The topological polar surface area (TPSA) is 24.9 Å². The molecule has 1 N–H and O–H groups in total. The highest BCUT2D eigenvalue weighted by molar-refractivity contribution is 5.82. The number of benzene rings is 1. The van der Waals surface area contributed by atoms with Crippen molar-refractivity contribution in [2.45, 2.75) is 26.8 Å². The standard InChI is InChI=1S/C15H20N2/c1-4-16-15(11(2)3)13-9-10-17-14-8-6-5-7-12(13)14/h5-11,15-16H,4H2,1-3H3. The molecule has 90 valence electrons. The summed E-state index contributed by atoms with van der Waals surface area (Å²) in [5.41, 5.74) is 2.43. The number of rotatable bonds is 4. The Morgan fingerprint density at radius 2 is 1.94 bits per heavy atom. The average molecular weight is 228 g/mol. The van der Waals surface area contributed by atoms with E-state index in [1.165, 1.54) is 10.9 Å². The monoisotopic (exact) mass is 228 g/mol. The molecule has 2 nitrogen and oxygen atoms in total. The summed E-state index contributed by atoms with van der Waals surface area (Å²) >= 11 is 0. The first kappa shape index (κ1) is 12.1. The summed E-state index contributed by atoms with van der Waals surface area (Å²) in [7, 11) is 0. The van der Waals surface area contributed by atoms with Crippen LogP contribution in [0.2, 0.25) is 0 Å². The largest absolute Gasteiger partial charge is 0.310 e. The van der Waals surface area contributed by atoms with Gasteiger partial charge in [-0.25, -0.2) is 0 Å². The lowest BCUT2D eigenvalue weighted by Crippen LogP contribution is -2.25. The molecule has 0 saturated heterocycles. The van der Waals surface area contributed by atoms with Crippen LogP contribution in [0.3, 0.4) is 0 Å². The predicted molar refractivity (Wildman–Crippen MR) is 73.0 cm³/mol. The Morgan fingerprint density at radius 3 is 2.65 bits per heavy atom. The van der Waals surface area contributed by atoms with Gasteiger partial charge in [0.2, 0.25) is 0 Å². The Labute approximate surface area is 103 Å². The molecule has 1 aromatic carbocycles. The third-order valence-corrected chi connectivity index (χ3v) is 3.11. The molecule has 1 unspecified atom stereocenters. The zero-order valence-corrected chi connectivity index (χ0v) is 10.8. The van der Waals surface area contributed by atoms with E-state index >= 15 is 0 Å². The molecule has 0 aliphatic carbocycles. The van der Waals surface area contributed by atoms with E-state index in [0.717, 1.165) is 12.1 Å². The van der Waals surface area contributed by atoms with Crippen LogP contribution in [0, 0.1) is 5.92 Å². The molecule has 17 heavy (non-hydrogen) atoms. The van der Waals surface area contributed by atoms with E-state index in [2.05, 4.69) is 55.3 Å². The average Bonchev–Trinajstić information content (AvgIpc) is 2.35. The molecule has 0 amide bonds. The molecule has 1 heterocycles. The molecule has 0 spiro atoms. The highest BCUT2D eigenvalue weighted by Gasteiger charge is 2.16. The van der Waals surface area contributed by atoms with Crippen LogP contribution in [0.4, 0.5) is 0 Å². The van der Waals surface area contributed by atoms with Crippen LogP contribution in [0.5, 0.6) is 0 Å². The number of aromatic nitrogens is 1. The van der Waals surface area contributed by atoms with Crippen LogP contribution in [0.1, 0.15) is 32.4 Å². The number of nitrogens with zero attached hydrogens (tertiary/aromatic N) is 1. The van der Waals surface area contributed by atoms with E-state index in [4.69, 9.17) is 0 Å². The molecular formula is C15H20N2. The molecule has 2 heteroatoms. The smallest absolute Gasteiger partial charge is 0.0705 e. The summed E-state index contributed by atoms with van der Waals surface area (Å²) in [6.45, 7) is 7.64. The molecule has 0 bridgehead atoms. The number of hydrogen-bond donors (Lipinski definition) is 1. The van der Waals surface area contributed by atoms with E-state index in [0.29, 0.717) is 12.0 Å². The summed E-state index contributed by atoms with van der Waals surface area (Å²) < 4.78 is 0. The molecule has 1 atom stereocenters. The minimum Gasteiger partial charge on any atom is -0.310 e. The van der Waals surface area contributed by atoms with Crippen LogP contribution < -0.4 is 5.32 Å². The summed E-state index contributed by atoms with van der Waals surface area (Å²) in [5.74, 6) is 0.570. The summed E-state index contributed by atoms with van der Waals surface area (Å²) in [4.78, 5) is 4.42. The Balaban J connectivity index is 2.52. The van der Waals surface area contributed by atoms with E-state index < -0.39 is 0 Å². The minimum absolute atomic E-state index is 0.396. The molecule has 2 rings (SSSR count). The fraction of sp³-hybridized carbons (Fsp3) is 0.400. The maximum atomic E-state index is 4.42. The van der Waals surface area contributed by atoms with Gasteiger partial charge in [-0.2, -0.15) is 0 Å². The second-order valence-electron chi connectivity index (χ2n) is 4.70. The second-order valence-corrected chi connectivity index (χ2v) is 4.70. The van der Waals surface area contributed by atoms with Gasteiger partial charge in [0, 0.05) is 17.6 Å². The molecule has 0 aliphatic heterocycles. The van der Waals surface area contributed by atoms with Gasteiger partial charge in [-0.15, -0.1) is 0 Å². The first-order valence-corrected chi connectivity index (χ1v) is 6.31. The summed E-state index contributed by atoms with van der Waals surface area (Å²) in [6.07, 6.45) is 1.91. The number of hydrogen-bond acceptors (Lipinski definition) is 2. The minimum atomic E-state index is 0.396. The Bertz CT molecular complexity index is 486. The van der Waals surface area contributed by atoms with Crippen molar-refractivity contribution < 1.29 is 0 Å². The van der Waals surface area contributed by atoms with Gasteiger partial charge in [-0.3, -0.25) is 4.98 Å². The lowest BCUT2D eigenvalue weighted by molar-refractivity contribution is 0.424. The van der Waals surface area contributed by atoms with Crippen molar-refractivity contribution >= 4 is 10.9 Å². The first-order valence-electron chi connectivity index (χ1n) is 6.31. The highest BCUT2D eigenvalue weighted by Crippen LogP contribution is 2.27. The molecule has 0 aliphatic rings. The van der Waals surface area contributed by atoms with Crippen molar-refractivity contribution in [3.8, 4) is 0 Å². The van der Waals surface area contributed by atoms with E-state index in [1.807, 2.05) is 12.3 Å². The van der Waals surface area contributed by atoms with Gasteiger partial charge in [-0.1, -0.05) is 39.0 Å². The number of nitrogens with one attached hydrogen (secondary N) is 1. The number of pyridine rings is 1. The van der Waals surface area contributed by atoms with Gasteiger partial charge in [0.15, 0.2) is 0 Å². The van der Waals surface area contributed by atoms with E-state index in [9.17, 15) is 0 Å². The van der Waals surface area contributed by atoms with Crippen LogP contribution >= 0.6 is 0 Å². The number of para-hydroxylation sites is 1. The van der Waals surface area contributed by atoms with Crippen LogP contribution in [-0.2, 0) is 0 Å². The predicted octanol–water partition coefficient (Wildman–Crippen LogP) is 3.54. The molecule has 2 aromatic rings. The molecule has 0 fully saturated rings. The van der Waals surface area contributed by atoms with Gasteiger partial charge in [0.05, 0.1) is 5.52 Å². The third kappa shape index (κ3) is 2.47. The number of fused-ring (bicyclic) bond motifs is 1. The fourth-order valence-electron chi connectivity index (χ4n) is 2.31. The third-order valence-electron chi connectivity index (χ3n) is 3.11. The fourth-order valence-corrected chi connectivity index (χ4v) is 2.31. The maximum Gasteiger partial charge on any atom is 0.0705 e. The highest BCUT2D eigenvalue weighted by atomic mass is 14.9. The Kier molecular flexibility index (Phi) is 3.75. The zero-order chi connectivity index (χ0) is 12.3. The van der Waals surface area contributed by atoms with Gasteiger partial charge in [-0.05, 0) is 30.2 Å². The van der Waals surface area contributed by atoms with Crippen molar-refractivity contribution in [3.63, 3.8) is 0 Å². The maximum absolute atomic E-state index is 4.42. The molecule has 1 aromatic heterocycles. The van der Waals surface area contributed by atoms with Crippen molar-refractivity contribution in [2.75, 3.05) is 6.54 Å². The van der Waals surface area contributed by atoms with Crippen LogP contribution in [0.15, 0.2) is 36.5 Å². The van der Waals surface area contributed by atoms with Crippen molar-refractivity contribution in [3.05, 3.63) is 42.1 Å². The van der Waals surface area contributed by atoms with Crippen molar-refractivity contribution in [1.82, 2.24) is 10.3 Å². The van der Waals surface area contributed by atoms with Crippen molar-refractivity contribution in [1.29, 1.82) is 0 Å². The van der Waals surface area contributed by atoms with E-state index in [-0.39, 0.29) is 0 Å². The summed E-state index contributed by atoms with van der Waals surface area (Å²) in [5, 5.41) is 4.82. The second kappa shape index (κ2) is 5.28. The summed E-state index contributed by atoms with van der Waals surface area (Å²) in [6, 6.07) is 10.9. The van der Waals surface area contributed by atoms with Crippen LogP contribution in [-0.4, -0.2) is 11.5 Å². The van der Waals surface area contributed by atoms with Crippen LogP contribution in [0.25, 0.3) is 10.9 Å². The Morgan fingerprint density at radius 1 is 1.18 bits per heavy atom. The van der Waals surface area contributed by atoms with Gasteiger partial charge >= 0.3 is 0 Å². The van der Waals surface area contributed by atoms with Gasteiger partial charge in [0.25, 0.3) is 0 Å². The quantitative estimate of drug-likeness (QED) is 0.865. The first-order chi connectivity index (χ1) is 8.24. The molecular weight excluding hydrogens is 208 g/mol. The van der Waals surface area contributed by atoms with E-state index in [1.54, 1.807) is 0 Å². The normalized spacial score (nSPS) is 13.2. The van der Waals surface area contributed by atoms with Crippen molar-refractivity contribution in [2.24, 2.45) is 5.92 Å². The lowest BCUT2D eigenvalue weighted by atomic mass is 9.93. The Hall–Kier alpha value is -1.41. The van der Waals surface area contributed by atoms with Gasteiger partial charge < -0.3 is 5.32 Å². The SMILES string of the molecule is CCNC(c1ccnc2ccccc12)C(C)C. The zero-order valence-electron chi connectivity index (χ0n) is 10.8.